The molecule has 220 valence electrons. The van der Waals surface area contributed by atoms with Crippen LogP contribution in [0.5, 0.6) is 11.5 Å². The number of H-pyrrole nitrogens is 1. The molecular formula is C33H43N3O5. The Bertz CT molecular complexity index is 1380. The number of nitrogens with one attached hydrogen (secondary N) is 2. The second-order valence-corrected chi connectivity index (χ2v) is 10.6. The zero-order chi connectivity index (χ0) is 29.4. The highest BCUT2D eigenvalue weighted by atomic mass is 16.5. The summed E-state index contributed by atoms with van der Waals surface area (Å²) in [6.07, 6.45) is 6.04. The van der Waals surface area contributed by atoms with Gasteiger partial charge in [0.25, 0.3) is 11.5 Å². The number of amides is 1. The summed E-state index contributed by atoms with van der Waals surface area (Å²) in [7, 11) is 3.18. The molecule has 1 aliphatic rings. The van der Waals surface area contributed by atoms with E-state index in [2.05, 4.69) is 28.2 Å². The minimum Gasteiger partial charge on any atom is -0.496 e. The third-order valence-corrected chi connectivity index (χ3v) is 7.91. The van der Waals surface area contributed by atoms with Gasteiger partial charge in [-0.15, -0.1) is 0 Å². The Balaban J connectivity index is 1.69. The smallest absolute Gasteiger partial charge is 0.256 e. The Labute approximate surface area is 243 Å². The number of nitrogens with zero attached hydrogens (tertiary/aromatic N) is 1. The summed E-state index contributed by atoms with van der Waals surface area (Å²) in [6, 6.07) is 14.3. The number of hydrogen-bond acceptors (Lipinski definition) is 6. The number of aromatic amines is 1. The van der Waals surface area contributed by atoms with Gasteiger partial charge in [-0.1, -0.05) is 31.4 Å². The van der Waals surface area contributed by atoms with Crippen LogP contribution in [0.4, 0.5) is 5.69 Å². The van der Waals surface area contributed by atoms with Gasteiger partial charge in [-0.3, -0.25) is 9.59 Å². The third kappa shape index (κ3) is 7.30. The van der Waals surface area contributed by atoms with Crippen LogP contribution < -0.4 is 25.2 Å². The summed E-state index contributed by atoms with van der Waals surface area (Å²) in [5.41, 5.74) is 5.38. The van der Waals surface area contributed by atoms with E-state index in [0.717, 1.165) is 47.5 Å². The van der Waals surface area contributed by atoms with Gasteiger partial charge in [-0.25, -0.2) is 0 Å². The van der Waals surface area contributed by atoms with Crippen molar-refractivity contribution in [3.05, 3.63) is 75.2 Å². The molecule has 0 aliphatic heterocycles. The second-order valence-electron chi connectivity index (χ2n) is 10.6. The summed E-state index contributed by atoms with van der Waals surface area (Å²) in [5.74, 6) is 0.998. The molecule has 0 unspecified atom stereocenters. The molecule has 8 heteroatoms. The summed E-state index contributed by atoms with van der Waals surface area (Å²) in [6.45, 7) is 7.93. The van der Waals surface area contributed by atoms with E-state index in [1.54, 1.807) is 20.1 Å². The van der Waals surface area contributed by atoms with E-state index in [-0.39, 0.29) is 18.0 Å². The highest BCUT2D eigenvalue weighted by molar-refractivity contribution is 5.99. The molecule has 1 aliphatic carbocycles. The molecule has 4 rings (SSSR count). The van der Waals surface area contributed by atoms with Crippen molar-refractivity contribution in [2.24, 2.45) is 0 Å². The first-order valence-electron chi connectivity index (χ1n) is 14.5. The predicted molar refractivity (Wildman–Crippen MR) is 163 cm³/mol. The fourth-order valence-corrected chi connectivity index (χ4v) is 5.70. The van der Waals surface area contributed by atoms with Crippen LogP contribution in [0.15, 0.2) is 47.3 Å². The SMILES string of the molecule is CCN(c1cc(-c2ccc(OCCOC)cc2)cc(C(=O)NCc2c(OC)cc(C)[nH]c2=O)c1C)C1CCCCC1. The minimum atomic E-state index is -0.268. The van der Waals surface area contributed by atoms with Crippen molar-refractivity contribution < 1.29 is 19.0 Å². The van der Waals surface area contributed by atoms with E-state index in [0.29, 0.717) is 41.8 Å². The van der Waals surface area contributed by atoms with E-state index in [4.69, 9.17) is 14.2 Å². The Morgan fingerprint density at radius 2 is 1.73 bits per heavy atom. The molecule has 2 N–H and O–H groups in total. The number of rotatable bonds is 12. The van der Waals surface area contributed by atoms with Crippen LogP contribution in [0.3, 0.4) is 0 Å². The Kier molecular flexibility index (Phi) is 10.5. The van der Waals surface area contributed by atoms with E-state index < -0.39 is 0 Å². The highest BCUT2D eigenvalue weighted by Crippen LogP contribution is 2.35. The van der Waals surface area contributed by atoms with Gasteiger partial charge in [0.1, 0.15) is 18.1 Å². The molecule has 1 saturated carbocycles. The fourth-order valence-electron chi connectivity index (χ4n) is 5.70. The van der Waals surface area contributed by atoms with Crippen molar-refractivity contribution in [1.29, 1.82) is 0 Å². The lowest BCUT2D eigenvalue weighted by molar-refractivity contribution is 0.0950. The number of anilines is 1. The number of hydrogen-bond donors (Lipinski definition) is 2. The molecule has 3 aromatic rings. The lowest BCUT2D eigenvalue weighted by Gasteiger charge is -2.37. The van der Waals surface area contributed by atoms with Crippen LogP contribution in [-0.2, 0) is 11.3 Å². The van der Waals surface area contributed by atoms with Crippen molar-refractivity contribution in [1.82, 2.24) is 10.3 Å². The quantitative estimate of drug-likeness (QED) is 0.272. The van der Waals surface area contributed by atoms with Crippen LogP contribution >= 0.6 is 0 Å². The summed E-state index contributed by atoms with van der Waals surface area (Å²) in [4.78, 5) is 31.6. The zero-order valence-electron chi connectivity index (χ0n) is 25.0. The van der Waals surface area contributed by atoms with Gasteiger partial charge in [-0.2, -0.15) is 0 Å². The lowest BCUT2D eigenvalue weighted by Crippen LogP contribution is -2.37. The van der Waals surface area contributed by atoms with Crippen LogP contribution in [0.1, 0.15) is 66.2 Å². The number of carbonyl (C=O) groups excluding carboxylic acids is 1. The van der Waals surface area contributed by atoms with Crippen LogP contribution in [0.25, 0.3) is 11.1 Å². The maximum Gasteiger partial charge on any atom is 0.256 e. The molecule has 0 saturated heterocycles. The van der Waals surface area contributed by atoms with Crippen molar-refractivity contribution in [3.8, 4) is 22.6 Å². The Hall–Kier alpha value is -3.78. The molecule has 1 amide bonds. The van der Waals surface area contributed by atoms with E-state index in [9.17, 15) is 9.59 Å². The zero-order valence-corrected chi connectivity index (χ0v) is 25.0. The highest BCUT2D eigenvalue weighted by Gasteiger charge is 2.25. The largest absolute Gasteiger partial charge is 0.496 e. The molecule has 41 heavy (non-hydrogen) atoms. The van der Waals surface area contributed by atoms with Crippen LogP contribution in [0.2, 0.25) is 0 Å². The number of ether oxygens (including phenoxy) is 3. The topological polar surface area (TPSA) is 92.9 Å². The predicted octanol–water partition coefficient (Wildman–Crippen LogP) is 5.78. The normalized spacial score (nSPS) is 13.6. The van der Waals surface area contributed by atoms with Crippen molar-refractivity contribution in [3.63, 3.8) is 0 Å². The van der Waals surface area contributed by atoms with Gasteiger partial charge in [0.15, 0.2) is 0 Å². The average Bonchev–Trinajstić information content (AvgIpc) is 2.98. The molecule has 0 atom stereocenters. The number of methoxy groups -OCH3 is 2. The Morgan fingerprint density at radius 1 is 1.00 bits per heavy atom. The van der Waals surface area contributed by atoms with Gasteiger partial charge in [0, 0.05) is 36.6 Å². The lowest BCUT2D eigenvalue weighted by atomic mass is 9.91. The molecule has 0 spiro atoms. The fraction of sp³-hybridized carbons (Fsp3) is 0.455. The summed E-state index contributed by atoms with van der Waals surface area (Å²) >= 11 is 0. The van der Waals surface area contributed by atoms with E-state index in [1.165, 1.54) is 26.4 Å². The molecular weight excluding hydrogens is 518 g/mol. The summed E-state index contributed by atoms with van der Waals surface area (Å²) < 4.78 is 16.3. The molecule has 1 aromatic heterocycles. The first kappa shape index (κ1) is 30.2. The van der Waals surface area contributed by atoms with Crippen molar-refractivity contribution in [2.75, 3.05) is 38.9 Å². The molecule has 0 radical (unpaired) electrons. The second kappa shape index (κ2) is 14.2. The van der Waals surface area contributed by atoms with Gasteiger partial charge < -0.3 is 29.4 Å². The number of benzene rings is 2. The van der Waals surface area contributed by atoms with E-state index in [1.807, 2.05) is 37.3 Å². The first-order valence-corrected chi connectivity index (χ1v) is 14.5. The van der Waals surface area contributed by atoms with E-state index >= 15 is 0 Å². The first-order chi connectivity index (χ1) is 19.9. The van der Waals surface area contributed by atoms with Crippen molar-refractivity contribution in [2.45, 2.75) is 65.5 Å². The van der Waals surface area contributed by atoms with Gasteiger partial charge >= 0.3 is 0 Å². The molecule has 1 fully saturated rings. The molecule has 0 bridgehead atoms. The standard InChI is InChI=1S/C33H43N3O5/c1-6-36(26-10-8-7-9-11-26)30-20-25(24-12-14-27(15-13-24)41-17-16-39-4)19-28(23(30)3)32(37)34-21-29-31(40-5)18-22(2)35-33(29)38/h12-15,18-20,26H,6-11,16-17,21H2,1-5H3,(H,34,37)(H,35,38). The molecule has 2 aromatic carbocycles. The molecule has 1 heterocycles. The van der Waals surface area contributed by atoms with Crippen molar-refractivity contribution >= 4 is 11.6 Å². The van der Waals surface area contributed by atoms with Crippen LogP contribution in [-0.4, -0.2) is 50.9 Å². The van der Waals surface area contributed by atoms with Gasteiger partial charge in [0.2, 0.25) is 0 Å². The average molecular weight is 562 g/mol. The maximum atomic E-state index is 13.7. The Morgan fingerprint density at radius 3 is 2.39 bits per heavy atom. The number of pyridine rings is 1. The molecule has 8 nitrogen and oxygen atoms in total. The van der Waals surface area contributed by atoms with Crippen LogP contribution in [0, 0.1) is 13.8 Å². The van der Waals surface area contributed by atoms with Gasteiger partial charge in [-0.05, 0) is 80.6 Å². The monoisotopic (exact) mass is 561 g/mol. The number of aromatic nitrogens is 1. The summed E-state index contributed by atoms with van der Waals surface area (Å²) in [5, 5.41) is 2.98. The third-order valence-electron chi connectivity index (χ3n) is 7.91. The number of aryl methyl sites for hydroxylation is 1. The minimum absolute atomic E-state index is 0.0598. The van der Waals surface area contributed by atoms with Gasteiger partial charge in [0.05, 0.1) is 25.8 Å². The maximum absolute atomic E-state index is 13.7. The number of carbonyl (C=O) groups is 1.